The molecule has 0 bridgehead atoms. The van der Waals surface area contributed by atoms with E-state index in [-0.39, 0.29) is 11.9 Å². The largest absolute Gasteiger partial charge is 0.368 e. The molecule has 0 aliphatic rings. The zero-order valence-electron chi connectivity index (χ0n) is 8.78. The Morgan fingerprint density at radius 1 is 1.71 bits per heavy atom. The highest BCUT2D eigenvalue weighted by atomic mass is 32.1. The van der Waals surface area contributed by atoms with E-state index in [4.69, 9.17) is 5.73 Å². The normalized spacial score (nSPS) is 13.1. The Morgan fingerprint density at radius 3 is 2.79 bits per heavy atom. The number of thiophene rings is 1. The van der Waals surface area contributed by atoms with Crippen LogP contribution in [-0.2, 0) is 11.3 Å². The summed E-state index contributed by atoms with van der Waals surface area (Å²) in [6.07, 6.45) is 0. The van der Waals surface area contributed by atoms with Crippen LogP contribution in [0.2, 0.25) is 0 Å². The highest BCUT2D eigenvalue weighted by molar-refractivity contribution is 7.10. The molecule has 0 aliphatic carbocycles. The Morgan fingerprint density at radius 2 is 2.36 bits per heavy atom. The van der Waals surface area contributed by atoms with Gasteiger partial charge in [0.05, 0.1) is 6.04 Å². The highest BCUT2D eigenvalue weighted by Crippen LogP contribution is 2.17. The van der Waals surface area contributed by atoms with Gasteiger partial charge < -0.3 is 5.73 Å². The zero-order valence-corrected chi connectivity index (χ0v) is 9.60. The highest BCUT2D eigenvalue weighted by Gasteiger charge is 2.15. The molecule has 1 rings (SSSR count). The Labute approximate surface area is 88.5 Å². The van der Waals surface area contributed by atoms with Crippen molar-refractivity contribution < 1.29 is 4.79 Å². The van der Waals surface area contributed by atoms with Gasteiger partial charge in [-0.15, -0.1) is 11.3 Å². The number of amides is 1. The predicted octanol–water partition coefficient (Wildman–Crippen LogP) is 1.36. The molecule has 1 aromatic rings. The number of carbonyl (C=O) groups is 1. The smallest absolute Gasteiger partial charge is 0.234 e. The van der Waals surface area contributed by atoms with Crippen LogP contribution >= 0.6 is 11.3 Å². The quantitative estimate of drug-likeness (QED) is 0.819. The first-order chi connectivity index (χ1) is 6.52. The van der Waals surface area contributed by atoms with Gasteiger partial charge in [-0.05, 0) is 37.9 Å². The second-order valence-electron chi connectivity index (χ2n) is 3.52. The first kappa shape index (κ1) is 11.2. The minimum Gasteiger partial charge on any atom is -0.368 e. The summed E-state index contributed by atoms with van der Waals surface area (Å²) in [4.78, 5) is 14.2. The van der Waals surface area contributed by atoms with Crippen LogP contribution in [-0.4, -0.2) is 23.9 Å². The Bertz CT molecular complexity index is 322. The standard InChI is InChI=1S/C10H16N2OS/c1-7-4-5-14-9(7)6-12(3)8(2)10(11)13/h4-5,8H,6H2,1-3H3,(H2,11,13)/t8-/m1/s1. The van der Waals surface area contributed by atoms with Gasteiger partial charge in [0.1, 0.15) is 0 Å². The summed E-state index contributed by atoms with van der Waals surface area (Å²) in [6.45, 7) is 4.69. The lowest BCUT2D eigenvalue weighted by atomic mass is 10.2. The van der Waals surface area contributed by atoms with Crippen LogP contribution in [0.5, 0.6) is 0 Å². The fourth-order valence-electron chi connectivity index (χ4n) is 1.15. The fraction of sp³-hybridized carbons (Fsp3) is 0.500. The van der Waals surface area contributed by atoms with Crippen molar-refractivity contribution in [1.29, 1.82) is 0 Å². The fourth-order valence-corrected chi connectivity index (χ4v) is 2.12. The SMILES string of the molecule is Cc1ccsc1CN(C)[C@H](C)C(N)=O. The lowest BCUT2D eigenvalue weighted by Crippen LogP contribution is -2.39. The number of nitrogens with zero attached hydrogens (tertiary/aromatic N) is 1. The van der Waals surface area contributed by atoms with Gasteiger partial charge in [-0.25, -0.2) is 0 Å². The number of aryl methyl sites for hydroxylation is 1. The van der Waals surface area contributed by atoms with Crippen molar-refractivity contribution in [2.75, 3.05) is 7.05 Å². The second kappa shape index (κ2) is 4.57. The average Bonchev–Trinajstić information content (AvgIpc) is 2.50. The van der Waals surface area contributed by atoms with Crippen LogP contribution in [0.3, 0.4) is 0 Å². The molecular weight excluding hydrogens is 196 g/mol. The summed E-state index contributed by atoms with van der Waals surface area (Å²) >= 11 is 1.71. The van der Waals surface area contributed by atoms with Gasteiger partial charge in [-0.2, -0.15) is 0 Å². The third-order valence-electron chi connectivity index (χ3n) is 2.43. The van der Waals surface area contributed by atoms with E-state index in [1.54, 1.807) is 11.3 Å². The van der Waals surface area contributed by atoms with Crippen molar-refractivity contribution in [3.05, 3.63) is 21.9 Å². The number of likely N-dealkylation sites (N-methyl/N-ethyl adjacent to an activating group) is 1. The number of primary amides is 1. The zero-order chi connectivity index (χ0) is 10.7. The lowest BCUT2D eigenvalue weighted by molar-refractivity contribution is -0.122. The molecule has 1 atom stereocenters. The molecule has 14 heavy (non-hydrogen) atoms. The minimum absolute atomic E-state index is 0.212. The van der Waals surface area contributed by atoms with E-state index in [0.717, 1.165) is 6.54 Å². The molecule has 1 amide bonds. The number of nitrogens with two attached hydrogens (primary N) is 1. The summed E-state index contributed by atoms with van der Waals surface area (Å²) in [5, 5.41) is 2.06. The van der Waals surface area contributed by atoms with E-state index in [1.807, 2.05) is 18.9 Å². The molecule has 1 heterocycles. The van der Waals surface area contributed by atoms with Crippen LogP contribution in [0.4, 0.5) is 0 Å². The molecule has 78 valence electrons. The molecule has 0 aliphatic heterocycles. The van der Waals surface area contributed by atoms with E-state index >= 15 is 0 Å². The number of hydrogen-bond donors (Lipinski definition) is 1. The van der Waals surface area contributed by atoms with Crippen LogP contribution in [0, 0.1) is 6.92 Å². The topological polar surface area (TPSA) is 46.3 Å². The maximum absolute atomic E-state index is 10.9. The minimum atomic E-state index is -0.276. The van der Waals surface area contributed by atoms with Gasteiger partial charge >= 0.3 is 0 Å². The number of hydrogen-bond acceptors (Lipinski definition) is 3. The van der Waals surface area contributed by atoms with Crippen molar-refractivity contribution in [3.8, 4) is 0 Å². The number of rotatable bonds is 4. The molecule has 0 aromatic carbocycles. The predicted molar refractivity (Wildman–Crippen MR) is 59.2 cm³/mol. The maximum atomic E-state index is 10.9. The third-order valence-corrected chi connectivity index (χ3v) is 3.44. The molecule has 0 unspecified atom stereocenters. The van der Waals surface area contributed by atoms with Crippen LogP contribution in [0.25, 0.3) is 0 Å². The maximum Gasteiger partial charge on any atom is 0.234 e. The van der Waals surface area contributed by atoms with Crippen molar-refractivity contribution in [2.45, 2.75) is 26.4 Å². The molecule has 0 saturated heterocycles. The van der Waals surface area contributed by atoms with E-state index in [2.05, 4.69) is 18.4 Å². The number of carbonyl (C=O) groups excluding carboxylic acids is 1. The van der Waals surface area contributed by atoms with Crippen LogP contribution < -0.4 is 5.73 Å². The summed E-state index contributed by atoms with van der Waals surface area (Å²) in [6, 6.07) is 1.87. The van der Waals surface area contributed by atoms with Gasteiger partial charge in [0.2, 0.25) is 5.91 Å². The Kier molecular flexibility index (Phi) is 3.66. The van der Waals surface area contributed by atoms with Gasteiger partial charge in [0, 0.05) is 11.4 Å². The average molecular weight is 212 g/mol. The molecule has 0 radical (unpaired) electrons. The Balaban J connectivity index is 2.61. The van der Waals surface area contributed by atoms with Crippen molar-refractivity contribution in [3.63, 3.8) is 0 Å². The summed E-state index contributed by atoms with van der Waals surface area (Å²) in [5.41, 5.74) is 6.50. The molecule has 2 N–H and O–H groups in total. The molecule has 1 aromatic heterocycles. The lowest BCUT2D eigenvalue weighted by Gasteiger charge is -2.21. The summed E-state index contributed by atoms with van der Waals surface area (Å²) < 4.78 is 0. The Hall–Kier alpha value is -0.870. The van der Waals surface area contributed by atoms with Crippen LogP contribution in [0.1, 0.15) is 17.4 Å². The molecule has 0 fully saturated rings. The van der Waals surface area contributed by atoms with E-state index < -0.39 is 0 Å². The van der Waals surface area contributed by atoms with Crippen LogP contribution in [0.15, 0.2) is 11.4 Å². The van der Waals surface area contributed by atoms with Crippen molar-refractivity contribution >= 4 is 17.2 Å². The monoisotopic (exact) mass is 212 g/mol. The first-order valence-electron chi connectivity index (χ1n) is 4.55. The van der Waals surface area contributed by atoms with E-state index in [1.165, 1.54) is 10.4 Å². The van der Waals surface area contributed by atoms with Crippen molar-refractivity contribution in [2.24, 2.45) is 5.73 Å². The van der Waals surface area contributed by atoms with Gasteiger partial charge in [-0.1, -0.05) is 0 Å². The van der Waals surface area contributed by atoms with Gasteiger partial charge in [-0.3, -0.25) is 9.69 Å². The second-order valence-corrected chi connectivity index (χ2v) is 4.52. The van der Waals surface area contributed by atoms with E-state index in [9.17, 15) is 4.79 Å². The first-order valence-corrected chi connectivity index (χ1v) is 5.43. The van der Waals surface area contributed by atoms with Gasteiger partial charge in [0.15, 0.2) is 0 Å². The van der Waals surface area contributed by atoms with Gasteiger partial charge in [0.25, 0.3) is 0 Å². The molecular formula is C10H16N2OS. The molecule has 0 saturated carbocycles. The molecule has 0 spiro atoms. The third kappa shape index (κ3) is 2.56. The van der Waals surface area contributed by atoms with Crippen molar-refractivity contribution in [1.82, 2.24) is 4.90 Å². The van der Waals surface area contributed by atoms with E-state index in [0.29, 0.717) is 0 Å². The molecule has 4 heteroatoms. The summed E-state index contributed by atoms with van der Waals surface area (Å²) in [5.74, 6) is -0.276. The molecule has 3 nitrogen and oxygen atoms in total. The summed E-state index contributed by atoms with van der Waals surface area (Å²) in [7, 11) is 1.91.